The summed E-state index contributed by atoms with van der Waals surface area (Å²) in [5.74, 6) is 0.972. The van der Waals surface area contributed by atoms with Crippen LogP contribution in [0.3, 0.4) is 0 Å². The van der Waals surface area contributed by atoms with E-state index in [-0.39, 0.29) is 18.0 Å². The third-order valence-electron chi connectivity index (χ3n) is 5.50. The van der Waals surface area contributed by atoms with E-state index in [1.165, 1.54) is 6.42 Å². The summed E-state index contributed by atoms with van der Waals surface area (Å²) in [5, 5.41) is 0. The van der Waals surface area contributed by atoms with E-state index in [0.717, 1.165) is 45.1 Å². The molecular formula is C16H26O3. The lowest BCUT2D eigenvalue weighted by molar-refractivity contribution is -0.151. The zero-order valence-corrected chi connectivity index (χ0v) is 12.2. The van der Waals surface area contributed by atoms with Gasteiger partial charge in [-0.3, -0.25) is 4.79 Å². The summed E-state index contributed by atoms with van der Waals surface area (Å²) >= 11 is 0. The summed E-state index contributed by atoms with van der Waals surface area (Å²) < 4.78 is 11.5. The van der Waals surface area contributed by atoms with Crippen molar-refractivity contribution in [1.82, 2.24) is 0 Å². The van der Waals surface area contributed by atoms with Crippen LogP contribution in [0.2, 0.25) is 0 Å². The molecule has 3 heteroatoms. The van der Waals surface area contributed by atoms with Gasteiger partial charge in [0.25, 0.3) is 0 Å². The van der Waals surface area contributed by atoms with Crippen LogP contribution in [-0.2, 0) is 14.3 Å². The van der Waals surface area contributed by atoms with Crippen molar-refractivity contribution < 1.29 is 14.3 Å². The van der Waals surface area contributed by atoms with Crippen molar-refractivity contribution in [2.45, 2.75) is 71.0 Å². The predicted molar refractivity (Wildman–Crippen MR) is 72.7 cm³/mol. The molecule has 5 unspecified atom stereocenters. The molecular weight excluding hydrogens is 240 g/mol. The maximum absolute atomic E-state index is 12.0. The lowest BCUT2D eigenvalue weighted by Crippen LogP contribution is -2.40. The Kier molecular flexibility index (Phi) is 3.59. The number of rotatable bonds is 5. The lowest BCUT2D eigenvalue weighted by atomic mass is 9.58. The first-order chi connectivity index (χ1) is 9.10. The fourth-order valence-electron chi connectivity index (χ4n) is 4.50. The Hall–Kier alpha value is -0.570. The molecule has 5 atom stereocenters. The summed E-state index contributed by atoms with van der Waals surface area (Å²) in [6.07, 6.45) is 8.33. The van der Waals surface area contributed by atoms with Crippen molar-refractivity contribution in [3.63, 3.8) is 0 Å². The Labute approximate surface area is 116 Å². The minimum atomic E-state index is 0.0805. The van der Waals surface area contributed by atoms with E-state index in [4.69, 9.17) is 9.47 Å². The zero-order valence-electron chi connectivity index (χ0n) is 12.2. The number of esters is 1. The average Bonchev–Trinajstić information content (AvgIpc) is 2.52. The smallest absolute Gasteiger partial charge is 0.309 e. The molecule has 2 aliphatic carbocycles. The molecule has 2 aliphatic heterocycles. The molecule has 0 aromatic carbocycles. The largest absolute Gasteiger partial charge is 0.462 e. The summed E-state index contributed by atoms with van der Waals surface area (Å²) in [6.45, 7) is 5.14. The Morgan fingerprint density at radius 3 is 3.00 bits per heavy atom. The molecule has 0 aromatic heterocycles. The van der Waals surface area contributed by atoms with Gasteiger partial charge in [0.15, 0.2) is 0 Å². The third-order valence-corrected chi connectivity index (χ3v) is 5.50. The minimum Gasteiger partial charge on any atom is -0.462 e. The van der Waals surface area contributed by atoms with Crippen molar-refractivity contribution in [3.8, 4) is 0 Å². The first kappa shape index (κ1) is 13.4. The van der Waals surface area contributed by atoms with Crippen LogP contribution in [0, 0.1) is 17.3 Å². The highest BCUT2D eigenvalue weighted by atomic mass is 16.5. The molecule has 0 N–H and O–H groups in total. The second-order valence-electron chi connectivity index (χ2n) is 7.05. The number of hydrogen-bond acceptors (Lipinski definition) is 3. The Morgan fingerprint density at radius 1 is 1.37 bits per heavy atom. The molecule has 4 rings (SSSR count). The third kappa shape index (κ3) is 2.67. The second-order valence-corrected chi connectivity index (χ2v) is 7.05. The number of carbonyl (C=O) groups is 1. The summed E-state index contributed by atoms with van der Waals surface area (Å²) in [6, 6.07) is 0. The number of hydrogen-bond donors (Lipinski definition) is 0. The monoisotopic (exact) mass is 266 g/mol. The Morgan fingerprint density at radius 2 is 2.21 bits per heavy atom. The summed E-state index contributed by atoms with van der Waals surface area (Å²) in [4.78, 5) is 12.0. The van der Waals surface area contributed by atoms with Gasteiger partial charge in [-0.25, -0.2) is 0 Å². The van der Waals surface area contributed by atoms with Crippen molar-refractivity contribution in [3.05, 3.63) is 0 Å². The molecule has 0 aromatic rings. The molecule has 4 fully saturated rings. The van der Waals surface area contributed by atoms with Gasteiger partial charge in [0.1, 0.15) is 6.10 Å². The van der Waals surface area contributed by atoms with E-state index in [1.807, 2.05) is 0 Å². The standard InChI is InChI=1S/C16H26O3/c1-3-11(2)18-5-4-16-8-12-6-13(9-16)15(17)19-14(7-12)10-16/h11-14H,3-10H2,1-2H3. The van der Waals surface area contributed by atoms with Crippen LogP contribution in [0.15, 0.2) is 0 Å². The van der Waals surface area contributed by atoms with Gasteiger partial charge in [-0.05, 0) is 63.2 Å². The number of carbonyl (C=O) groups excluding carboxylic acids is 1. The quantitative estimate of drug-likeness (QED) is 0.716. The van der Waals surface area contributed by atoms with Gasteiger partial charge in [0.05, 0.1) is 12.0 Å². The summed E-state index contributed by atoms with van der Waals surface area (Å²) in [7, 11) is 0. The van der Waals surface area contributed by atoms with Crippen molar-refractivity contribution in [2.24, 2.45) is 17.3 Å². The molecule has 3 nitrogen and oxygen atoms in total. The van der Waals surface area contributed by atoms with Gasteiger partial charge in [-0.2, -0.15) is 0 Å². The van der Waals surface area contributed by atoms with Crippen molar-refractivity contribution in [2.75, 3.05) is 6.61 Å². The van der Waals surface area contributed by atoms with E-state index in [0.29, 0.717) is 17.4 Å². The van der Waals surface area contributed by atoms with E-state index in [2.05, 4.69) is 13.8 Å². The molecule has 108 valence electrons. The fraction of sp³-hybridized carbons (Fsp3) is 0.938. The SMILES string of the molecule is CCC(C)OCCC12CC3CC(C1)OC(=O)C(C3)C2. The molecule has 4 bridgehead atoms. The molecule has 2 saturated heterocycles. The normalized spacial score (nSPS) is 42.0. The predicted octanol–water partition coefficient (Wildman–Crippen LogP) is 3.31. The highest BCUT2D eigenvalue weighted by Crippen LogP contribution is 2.56. The Bertz CT molecular complexity index is 354. The number of ether oxygens (including phenoxy) is 2. The summed E-state index contributed by atoms with van der Waals surface area (Å²) in [5.41, 5.74) is 0.329. The molecule has 19 heavy (non-hydrogen) atoms. The van der Waals surface area contributed by atoms with Crippen LogP contribution in [0.1, 0.15) is 58.8 Å². The van der Waals surface area contributed by atoms with Gasteiger partial charge in [0, 0.05) is 6.61 Å². The van der Waals surface area contributed by atoms with Crippen molar-refractivity contribution >= 4 is 5.97 Å². The zero-order chi connectivity index (χ0) is 13.5. The topological polar surface area (TPSA) is 35.5 Å². The van der Waals surface area contributed by atoms with Crippen LogP contribution in [0.25, 0.3) is 0 Å². The highest BCUT2D eigenvalue weighted by Gasteiger charge is 2.52. The lowest BCUT2D eigenvalue weighted by Gasteiger charge is -2.46. The maximum atomic E-state index is 12.0. The van der Waals surface area contributed by atoms with Gasteiger partial charge in [0.2, 0.25) is 0 Å². The van der Waals surface area contributed by atoms with Crippen LogP contribution >= 0.6 is 0 Å². The molecule has 0 radical (unpaired) electrons. The Balaban J connectivity index is 1.65. The van der Waals surface area contributed by atoms with E-state index >= 15 is 0 Å². The fourth-order valence-corrected chi connectivity index (χ4v) is 4.50. The molecule has 0 spiro atoms. The van der Waals surface area contributed by atoms with Crippen LogP contribution < -0.4 is 0 Å². The van der Waals surface area contributed by atoms with E-state index in [1.54, 1.807) is 0 Å². The molecule has 4 aliphatic rings. The highest BCUT2D eigenvalue weighted by molar-refractivity contribution is 5.73. The van der Waals surface area contributed by atoms with E-state index < -0.39 is 0 Å². The van der Waals surface area contributed by atoms with E-state index in [9.17, 15) is 4.79 Å². The van der Waals surface area contributed by atoms with Gasteiger partial charge in [-0.15, -0.1) is 0 Å². The second kappa shape index (κ2) is 5.08. The minimum absolute atomic E-state index is 0.0805. The number of fused-ring (bicyclic) bond motifs is 1. The van der Waals surface area contributed by atoms with Crippen LogP contribution in [0.4, 0.5) is 0 Å². The van der Waals surface area contributed by atoms with Gasteiger partial charge in [-0.1, -0.05) is 6.92 Å². The first-order valence-electron chi connectivity index (χ1n) is 7.92. The maximum Gasteiger partial charge on any atom is 0.309 e. The first-order valence-corrected chi connectivity index (χ1v) is 7.92. The van der Waals surface area contributed by atoms with Crippen molar-refractivity contribution in [1.29, 1.82) is 0 Å². The van der Waals surface area contributed by atoms with Crippen LogP contribution in [0.5, 0.6) is 0 Å². The van der Waals surface area contributed by atoms with Gasteiger partial charge < -0.3 is 9.47 Å². The van der Waals surface area contributed by atoms with Gasteiger partial charge >= 0.3 is 5.97 Å². The average molecular weight is 266 g/mol. The van der Waals surface area contributed by atoms with Crippen LogP contribution in [-0.4, -0.2) is 24.8 Å². The molecule has 0 amide bonds. The molecule has 2 heterocycles. The molecule has 2 saturated carbocycles.